The quantitative estimate of drug-likeness (QED) is 0.698. The van der Waals surface area contributed by atoms with E-state index >= 15 is 0 Å². The highest BCUT2D eigenvalue weighted by Crippen LogP contribution is 2.50. The van der Waals surface area contributed by atoms with Crippen molar-refractivity contribution in [3.63, 3.8) is 0 Å². The van der Waals surface area contributed by atoms with Crippen molar-refractivity contribution in [2.24, 2.45) is 0 Å². The third-order valence-electron chi connectivity index (χ3n) is 6.44. The van der Waals surface area contributed by atoms with Crippen LogP contribution in [-0.4, -0.2) is 64.3 Å². The van der Waals surface area contributed by atoms with Crippen molar-refractivity contribution >= 4 is 11.8 Å². The van der Waals surface area contributed by atoms with E-state index in [0.717, 1.165) is 11.1 Å². The number of morpholine rings is 1. The van der Waals surface area contributed by atoms with Crippen molar-refractivity contribution in [2.45, 2.75) is 25.8 Å². The summed E-state index contributed by atoms with van der Waals surface area (Å²) in [5, 5.41) is 2.97. The van der Waals surface area contributed by atoms with Gasteiger partial charge in [-0.25, -0.2) is 0 Å². The van der Waals surface area contributed by atoms with Crippen molar-refractivity contribution in [3.8, 4) is 28.4 Å². The summed E-state index contributed by atoms with van der Waals surface area (Å²) in [5.41, 5.74) is 2.65. The Hall–Kier alpha value is -3.59. The fraction of sp³-hybridized carbons (Fsp3) is 0.423. The molecule has 0 aromatic heterocycles. The van der Waals surface area contributed by atoms with Crippen LogP contribution in [0.1, 0.15) is 40.9 Å². The number of rotatable bonds is 5. The SMILES string of the molecule is COc1cc2c(c(OC)c1OC)-c1ccc(C(=O)N3CCOCC3)c(=O)cc1[C@@H](NC(C)=O)CC2. The van der Waals surface area contributed by atoms with Gasteiger partial charge >= 0.3 is 0 Å². The van der Waals surface area contributed by atoms with Gasteiger partial charge in [-0.1, -0.05) is 6.07 Å². The molecular formula is C26H30N2O7. The Bertz CT molecular complexity index is 1210. The smallest absolute Gasteiger partial charge is 0.257 e. The summed E-state index contributed by atoms with van der Waals surface area (Å²) < 4.78 is 22.3. The maximum atomic E-state index is 13.3. The molecule has 1 aliphatic carbocycles. The second-order valence-electron chi connectivity index (χ2n) is 8.50. The van der Waals surface area contributed by atoms with Gasteiger partial charge in [-0.05, 0) is 47.7 Å². The zero-order chi connectivity index (χ0) is 25.1. The molecule has 35 heavy (non-hydrogen) atoms. The molecule has 9 heteroatoms. The summed E-state index contributed by atoms with van der Waals surface area (Å²) >= 11 is 0. The van der Waals surface area contributed by atoms with Gasteiger partial charge in [0.1, 0.15) is 0 Å². The molecule has 1 atom stereocenters. The second-order valence-corrected chi connectivity index (χ2v) is 8.50. The van der Waals surface area contributed by atoms with Gasteiger partial charge in [0.05, 0.1) is 46.1 Å². The lowest BCUT2D eigenvalue weighted by Gasteiger charge is -2.26. The van der Waals surface area contributed by atoms with E-state index in [1.807, 2.05) is 6.07 Å². The van der Waals surface area contributed by atoms with E-state index < -0.39 is 11.5 Å². The molecule has 1 N–H and O–H groups in total. The minimum absolute atomic E-state index is 0.0718. The highest BCUT2D eigenvalue weighted by molar-refractivity contribution is 5.95. The van der Waals surface area contributed by atoms with E-state index in [1.165, 1.54) is 20.1 Å². The van der Waals surface area contributed by atoms with Crippen LogP contribution in [0.25, 0.3) is 11.1 Å². The largest absolute Gasteiger partial charge is 0.493 e. The molecule has 2 aromatic rings. The molecule has 1 heterocycles. The van der Waals surface area contributed by atoms with Crippen molar-refractivity contribution in [1.29, 1.82) is 0 Å². The Kier molecular flexibility index (Phi) is 7.25. The van der Waals surface area contributed by atoms with Crippen molar-refractivity contribution in [3.05, 3.63) is 51.2 Å². The number of amides is 2. The van der Waals surface area contributed by atoms with E-state index in [1.54, 1.807) is 31.3 Å². The number of ether oxygens (including phenoxy) is 4. The van der Waals surface area contributed by atoms with Gasteiger partial charge in [0, 0.05) is 25.6 Å². The van der Waals surface area contributed by atoms with Gasteiger partial charge in [-0.3, -0.25) is 14.4 Å². The predicted octanol–water partition coefficient (Wildman–Crippen LogP) is 2.34. The molecule has 9 nitrogen and oxygen atoms in total. The molecule has 0 saturated carbocycles. The number of methoxy groups -OCH3 is 3. The molecule has 2 aliphatic rings. The highest BCUT2D eigenvalue weighted by atomic mass is 16.5. The van der Waals surface area contributed by atoms with Gasteiger partial charge in [-0.2, -0.15) is 0 Å². The Morgan fingerprint density at radius 2 is 1.74 bits per heavy atom. The van der Waals surface area contributed by atoms with Crippen LogP contribution in [-0.2, 0) is 16.0 Å². The lowest BCUT2D eigenvalue weighted by molar-refractivity contribution is -0.119. The Morgan fingerprint density at radius 1 is 1.03 bits per heavy atom. The average Bonchev–Trinajstić information content (AvgIpc) is 3.11. The minimum atomic E-state index is -0.428. The summed E-state index contributed by atoms with van der Waals surface area (Å²) in [6.45, 7) is 3.18. The number of benzene rings is 1. The number of aryl methyl sites for hydroxylation is 1. The Labute approximate surface area is 203 Å². The van der Waals surface area contributed by atoms with Crippen LogP contribution >= 0.6 is 0 Å². The molecule has 0 bridgehead atoms. The third-order valence-corrected chi connectivity index (χ3v) is 6.44. The van der Waals surface area contributed by atoms with Crippen LogP contribution in [0.4, 0.5) is 0 Å². The summed E-state index contributed by atoms with van der Waals surface area (Å²) in [5.74, 6) is 0.870. The van der Waals surface area contributed by atoms with Gasteiger partial charge in [0.15, 0.2) is 16.9 Å². The molecular weight excluding hydrogens is 452 g/mol. The monoisotopic (exact) mass is 482 g/mol. The Balaban J connectivity index is 1.97. The summed E-state index contributed by atoms with van der Waals surface area (Å²) in [4.78, 5) is 40.2. The molecule has 186 valence electrons. The molecule has 2 amide bonds. The van der Waals surface area contributed by atoms with Gasteiger partial charge in [0.2, 0.25) is 11.7 Å². The number of nitrogens with one attached hydrogen (secondary N) is 1. The van der Waals surface area contributed by atoms with Crippen LogP contribution in [0.15, 0.2) is 29.1 Å². The van der Waals surface area contributed by atoms with E-state index in [9.17, 15) is 14.4 Å². The molecule has 0 spiro atoms. The molecule has 1 aliphatic heterocycles. The van der Waals surface area contributed by atoms with Crippen LogP contribution in [0.5, 0.6) is 17.2 Å². The van der Waals surface area contributed by atoms with E-state index in [-0.39, 0.29) is 17.4 Å². The molecule has 2 aromatic carbocycles. The average molecular weight is 483 g/mol. The number of carbonyl (C=O) groups is 2. The number of carbonyl (C=O) groups excluding carboxylic acids is 2. The van der Waals surface area contributed by atoms with E-state index in [4.69, 9.17) is 18.9 Å². The van der Waals surface area contributed by atoms with E-state index in [0.29, 0.717) is 67.5 Å². The van der Waals surface area contributed by atoms with Gasteiger partial charge in [-0.15, -0.1) is 0 Å². The van der Waals surface area contributed by atoms with Crippen molar-refractivity contribution < 1.29 is 28.5 Å². The third kappa shape index (κ3) is 4.68. The lowest BCUT2D eigenvalue weighted by atomic mass is 9.95. The second kappa shape index (κ2) is 10.4. The molecule has 0 radical (unpaired) electrons. The zero-order valence-electron chi connectivity index (χ0n) is 20.4. The van der Waals surface area contributed by atoms with Gasteiger partial charge < -0.3 is 29.2 Å². The number of nitrogens with zero attached hydrogens (tertiary/aromatic N) is 1. The van der Waals surface area contributed by atoms with Crippen LogP contribution in [0.3, 0.4) is 0 Å². The molecule has 4 rings (SSSR count). The first-order valence-corrected chi connectivity index (χ1v) is 11.5. The van der Waals surface area contributed by atoms with E-state index in [2.05, 4.69) is 5.32 Å². The summed E-state index contributed by atoms with van der Waals surface area (Å²) in [6.07, 6.45) is 1.15. The Morgan fingerprint density at radius 3 is 2.37 bits per heavy atom. The molecule has 0 unspecified atom stereocenters. The summed E-state index contributed by atoms with van der Waals surface area (Å²) in [7, 11) is 4.63. The van der Waals surface area contributed by atoms with Crippen molar-refractivity contribution in [2.75, 3.05) is 47.6 Å². The first-order chi connectivity index (χ1) is 16.9. The molecule has 1 saturated heterocycles. The van der Waals surface area contributed by atoms with Gasteiger partial charge in [0.25, 0.3) is 5.91 Å². The maximum Gasteiger partial charge on any atom is 0.257 e. The minimum Gasteiger partial charge on any atom is -0.493 e. The summed E-state index contributed by atoms with van der Waals surface area (Å²) in [6, 6.07) is 6.26. The van der Waals surface area contributed by atoms with Crippen molar-refractivity contribution in [1.82, 2.24) is 10.2 Å². The zero-order valence-corrected chi connectivity index (χ0v) is 20.4. The number of fused-ring (bicyclic) bond motifs is 3. The standard InChI is InChI=1S/C26H30N2O7/c1-15(29)27-20-8-5-16-13-22(32-2)24(33-3)25(34-4)23(16)17-6-7-18(21(30)14-19(17)20)26(31)28-9-11-35-12-10-28/h6-7,13-14,20H,5,8-12H2,1-4H3,(H,27,29)/t20-/m0/s1. The number of hydrogen-bond acceptors (Lipinski definition) is 7. The fourth-order valence-corrected chi connectivity index (χ4v) is 4.82. The highest BCUT2D eigenvalue weighted by Gasteiger charge is 2.30. The predicted molar refractivity (Wildman–Crippen MR) is 129 cm³/mol. The lowest BCUT2D eigenvalue weighted by Crippen LogP contribution is -2.42. The fourth-order valence-electron chi connectivity index (χ4n) is 4.82. The normalized spacial score (nSPS) is 16.9. The first-order valence-electron chi connectivity index (χ1n) is 11.5. The van der Waals surface area contributed by atoms with Crippen LogP contribution in [0.2, 0.25) is 0 Å². The van der Waals surface area contributed by atoms with Crippen LogP contribution < -0.4 is 25.0 Å². The van der Waals surface area contributed by atoms with Crippen LogP contribution in [0, 0.1) is 0 Å². The first kappa shape index (κ1) is 24.5. The number of hydrogen-bond donors (Lipinski definition) is 1. The maximum absolute atomic E-state index is 13.3. The topological polar surface area (TPSA) is 103 Å². The molecule has 1 fully saturated rings.